The zero-order valence-corrected chi connectivity index (χ0v) is 17.1. The fourth-order valence-electron chi connectivity index (χ4n) is 2.56. The normalized spacial score (nSPS) is 11.8. The topological polar surface area (TPSA) is 110 Å². The first-order valence-electron chi connectivity index (χ1n) is 8.10. The molecule has 2 aromatic carbocycles. The molecule has 8 nitrogen and oxygen atoms in total. The predicted octanol–water partition coefficient (Wildman–Crippen LogP) is 3.98. The number of amides is 1. The first-order valence-corrected chi connectivity index (χ1v) is 10.3. The minimum Gasteiger partial charge on any atom is -0.324 e. The fourth-order valence-corrected chi connectivity index (χ4v) is 3.64. The van der Waals surface area contributed by atoms with E-state index in [4.69, 9.17) is 11.6 Å². The van der Waals surface area contributed by atoms with Crippen LogP contribution in [0.15, 0.2) is 36.4 Å². The molecule has 0 unspecified atom stereocenters. The Bertz CT molecular complexity index is 1110. The molecule has 1 amide bonds. The Labute approximate surface area is 174 Å². The third-order valence-electron chi connectivity index (χ3n) is 4.01. The van der Waals surface area contributed by atoms with Gasteiger partial charge in [-0.1, -0.05) is 17.7 Å². The van der Waals surface area contributed by atoms with Crippen LogP contribution in [0, 0.1) is 17.0 Å². The molecule has 30 heavy (non-hydrogen) atoms. The maximum Gasteiger partial charge on any atom is 0.417 e. The van der Waals surface area contributed by atoms with Gasteiger partial charge in [0.05, 0.1) is 38.7 Å². The number of hydrogen-bond donors (Lipinski definition) is 1. The Morgan fingerprint density at radius 1 is 1.27 bits per heavy atom. The van der Waals surface area contributed by atoms with Crippen molar-refractivity contribution in [2.75, 3.05) is 22.4 Å². The van der Waals surface area contributed by atoms with E-state index in [1.807, 2.05) is 0 Å². The van der Waals surface area contributed by atoms with E-state index in [0.29, 0.717) is 10.4 Å². The van der Waals surface area contributed by atoms with Gasteiger partial charge in [-0.2, -0.15) is 13.2 Å². The largest absolute Gasteiger partial charge is 0.417 e. The second-order valence-corrected chi connectivity index (χ2v) is 8.50. The molecule has 2 aromatic rings. The number of nitro benzene ring substituents is 1. The van der Waals surface area contributed by atoms with Gasteiger partial charge in [0.1, 0.15) is 6.54 Å². The average molecular weight is 466 g/mol. The monoisotopic (exact) mass is 465 g/mol. The number of rotatable bonds is 6. The Morgan fingerprint density at radius 2 is 1.90 bits per heavy atom. The predicted molar refractivity (Wildman–Crippen MR) is 105 cm³/mol. The smallest absolute Gasteiger partial charge is 0.324 e. The lowest BCUT2D eigenvalue weighted by molar-refractivity contribution is -0.385. The van der Waals surface area contributed by atoms with Gasteiger partial charge in [-0.3, -0.25) is 19.2 Å². The Kier molecular flexibility index (Phi) is 6.62. The van der Waals surface area contributed by atoms with E-state index in [1.54, 1.807) is 0 Å². The Balaban J connectivity index is 2.37. The summed E-state index contributed by atoms with van der Waals surface area (Å²) in [5.41, 5.74) is -1.74. The summed E-state index contributed by atoms with van der Waals surface area (Å²) in [5, 5.41) is 12.7. The quantitative estimate of drug-likeness (QED) is 0.512. The van der Waals surface area contributed by atoms with Gasteiger partial charge in [0.25, 0.3) is 5.69 Å². The summed E-state index contributed by atoms with van der Waals surface area (Å²) in [6, 6.07) is 6.35. The third-order valence-corrected chi connectivity index (χ3v) is 5.48. The summed E-state index contributed by atoms with van der Waals surface area (Å²) in [4.78, 5) is 22.7. The molecule has 0 fully saturated rings. The van der Waals surface area contributed by atoms with Crippen molar-refractivity contribution in [1.82, 2.24) is 0 Å². The summed E-state index contributed by atoms with van der Waals surface area (Å²) < 4.78 is 64.0. The first-order chi connectivity index (χ1) is 13.7. The number of anilines is 2. The molecule has 0 aromatic heterocycles. The van der Waals surface area contributed by atoms with E-state index < -0.39 is 49.8 Å². The van der Waals surface area contributed by atoms with E-state index in [-0.39, 0.29) is 16.9 Å². The molecular weight excluding hydrogens is 451 g/mol. The van der Waals surface area contributed by atoms with Crippen LogP contribution in [0.3, 0.4) is 0 Å². The number of halogens is 4. The third kappa shape index (κ3) is 5.39. The molecule has 0 heterocycles. The molecule has 0 radical (unpaired) electrons. The number of hydrogen-bond acceptors (Lipinski definition) is 5. The molecule has 0 spiro atoms. The second-order valence-electron chi connectivity index (χ2n) is 6.19. The van der Waals surface area contributed by atoms with E-state index in [0.717, 1.165) is 18.4 Å². The standard InChI is InChI=1S/C17H15ClF3N3O5S/c1-10-14(4-3-5-15(10)24(26)27)22-16(25)9-23(30(2,28)29)11-6-7-13(18)12(8-11)17(19,20)21/h3-8H,9H2,1-2H3,(H,22,25). The number of nitrogens with zero attached hydrogens (tertiary/aromatic N) is 2. The van der Waals surface area contributed by atoms with E-state index in [1.165, 1.54) is 25.1 Å². The van der Waals surface area contributed by atoms with Gasteiger partial charge in [0.15, 0.2) is 0 Å². The number of carbonyl (C=O) groups is 1. The van der Waals surface area contributed by atoms with E-state index in [2.05, 4.69) is 5.32 Å². The summed E-state index contributed by atoms with van der Waals surface area (Å²) in [7, 11) is -4.16. The lowest BCUT2D eigenvalue weighted by Crippen LogP contribution is -2.37. The Morgan fingerprint density at radius 3 is 2.43 bits per heavy atom. The zero-order chi connectivity index (χ0) is 22.9. The number of benzene rings is 2. The summed E-state index contributed by atoms with van der Waals surface area (Å²) in [6.45, 7) is 0.525. The van der Waals surface area contributed by atoms with Gasteiger partial charge in [-0.05, 0) is 31.2 Å². The molecular formula is C17H15ClF3N3O5S. The molecule has 0 atom stereocenters. The lowest BCUT2D eigenvalue weighted by Gasteiger charge is -2.23. The van der Waals surface area contributed by atoms with Crippen LogP contribution in [0.5, 0.6) is 0 Å². The van der Waals surface area contributed by atoms with Crippen LogP contribution in [-0.2, 0) is 21.0 Å². The number of carbonyl (C=O) groups excluding carboxylic acids is 1. The van der Waals surface area contributed by atoms with Crippen LogP contribution in [-0.4, -0.2) is 32.0 Å². The number of nitro groups is 1. The molecule has 2 rings (SSSR count). The lowest BCUT2D eigenvalue weighted by atomic mass is 10.1. The van der Waals surface area contributed by atoms with Gasteiger partial charge in [-0.15, -0.1) is 0 Å². The molecule has 0 aliphatic heterocycles. The van der Waals surface area contributed by atoms with Crippen LogP contribution in [0.1, 0.15) is 11.1 Å². The summed E-state index contributed by atoms with van der Waals surface area (Å²) in [6.07, 6.45) is -4.11. The van der Waals surface area contributed by atoms with Crippen LogP contribution >= 0.6 is 11.6 Å². The second kappa shape index (κ2) is 8.48. The summed E-state index contributed by atoms with van der Waals surface area (Å²) in [5.74, 6) is -0.910. The molecule has 0 bridgehead atoms. The maximum atomic E-state index is 13.1. The minimum atomic E-state index is -4.83. The van der Waals surface area contributed by atoms with Crippen molar-refractivity contribution in [2.24, 2.45) is 0 Å². The van der Waals surface area contributed by atoms with Gasteiger partial charge in [0.2, 0.25) is 15.9 Å². The fraction of sp³-hybridized carbons (Fsp3) is 0.235. The molecule has 0 saturated heterocycles. The highest BCUT2D eigenvalue weighted by Gasteiger charge is 2.34. The van der Waals surface area contributed by atoms with Crippen molar-refractivity contribution >= 4 is 44.6 Å². The molecule has 0 aliphatic rings. The number of alkyl halides is 3. The van der Waals surface area contributed by atoms with Crippen molar-refractivity contribution < 1.29 is 31.3 Å². The molecule has 0 aliphatic carbocycles. The SMILES string of the molecule is Cc1c(NC(=O)CN(c2ccc(Cl)c(C(F)(F)F)c2)S(C)(=O)=O)cccc1[N+](=O)[O-]. The molecule has 162 valence electrons. The molecule has 0 saturated carbocycles. The van der Waals surface area contributed by atoms with E-state index >= 15 is 0 Å². The van der Waals surface area contributed by atoms with Crippen molar-refractivity contribution in [3.63, 3.8) is 0 Å². The first kappa shape index (κ1) is 23.4. The number of nitrogens with one attached hydrogen (secondary N) is 1. The van der Waals surface area contributed by atoms with Crippen LogP contribution in [0.4, 0.5) is 30.2 Å². The molecule has 13 heteroatoms. The highest BCUT2D eigenvalue weighted by molar-refractivity contribution is 7.92. The highest BCUT2D eigenvalue weighted by atomic mass is 35.5. The van der Waals surface area contributed by atoms with Gasteiger partial charge >= 0.3 is 6.18 Å². The van der Waals surface area contributed by atoms with Crippen LogP contribution in [0.2, 0.25) is 5.02 Å². The van der Waals surface area contributed by atoms with Gasteiger partial charge in [0, 0.05) is 6.07 Å². The highest BCUT2D eigenvalue weighted by Crippen LogP contribution is 2.37. The van der Waals surface area contributed by atoms with Crippen molar-refractivity contribution in [2.45, 2.75) is 13.1 Å². The number of sulfonamides is 1. The van der Waals surface area contributed by atoms with Crippen molar-refractivity contribution in [3.05, 3.63) is 62.7 Å². The average Bonchev–Trinajstić information content (AvgIpc) is 2.60. The Hall–Kier alpha value is -2.86. The summed E-state index contributed by atoms with van der Waals surface area (Å²) >= 11 is 5.55. The van der Waals surface area contributed by atoms with Crippen LogP contribution < -0.4 is 9.62 Å². The zero-order valence-electron chi connectivity index (χ0n) is 15.5. The maximum absolute atomic E-state index is 13.1. The van der Waals surface area contributed by atoms with Gasteiger partial charge < -0.3 is 5.32 Å². The van der Waals surface area contributed by atoms with Crippen molar-refractivity contribution in [1.29, 1.82) is 0 Å². The van der Waals surface area contributed by atoms with Crippen LogP contribution in [0.25, 0.3) is 0 Å². The van der Waals surface area contributed by atoms with E-state index in [9.17, 15) is 36.5 Å². The minimum absolute atomic E-state index is 0.0646. The van der Waals surface area contributed by atoms with Gasteiger partial charge in [-0.25, -0.2) is 8.42 Å². The molecule has 1 N–H and O–H groups in total. The van der Waals surface area contributed by atoms with Crippen molar-refractivity contribution in [3.8, 4) is 0 Å².